The highest BCUT2D eigenvalue weighted by atomic mass is 16.2. The first-order chi connectivity index (χ1) is 10.1. The Balaban J connectivity index is 2.30. The Morgan fingerprint density at radius 1 is 1.29 bits per heavy atom. The molecule has 0 bridgehead atoms. The monoisotopic (exact) mass is 283 g/mol. The second-order valence-corrected chi connectivity index (χ2v) is 5.03. The van der Waals surface area contributed by atoms with Gasteiger partial charge in [0.2, 0.25) is 0 Å². The number of anilines is 2. The molecule has 1 aromatic heterocycles. The Kier molecular flexibility index (Phi) is 4.93. The number of aryl methyl sites for hydroxylation is 1. The fourth-order valence-corrected chi connectivity index (χ4v) is 2.09. The molecule has 110 valence electrons. The van der Waals surface area contributed by atoms with Gasteiger partial charge in [-0.1, -0.05) is 19.1 Å². The SMILES string of the molecule is CCCNc1cc(C)ccc1C(=O)N(C)c1ccccn1. The average Bonchev–Trinajstić information content (AvgIpc) is 2.52. The number of carbonyl (C=O) groups is 1. The van der Waals surface area contributed by atoms with Gasteiger partial charge in [0.1, 0.15) is 5.82 Å². The molecule has 1 N–H and O–H groups in total. The fourth-order valence-electron chi connectivity index (χ4n) is 2.09. The third-order valence-electron chi connectivity index (χ3n) is 3.27. The van der Waals surface area contributed by atoms with Crippen LogP contribution < -0.4 is 10.2 Å². The van der Waals surface area contributed by atoms with Gasteiger partial charge in [0.05, 0.1) is 5.56 Å². The zero-order valence-electron chi connectivity index (χ0n) is 12.8. The van der Waals surface area contributed by atoms with Crippen LogP contribution in [0.2, 0.25) is 0 Å². The first kappa shape index (κ1) is 15.0. The molecule has 0 spiro atoms. The van der Waals surface area contributed by atoms with Crippen LogP contribution in [0.15, 0.2) is 42.6 Å². The molecule has 1 heterocycles. The fraction of sp³-hybridized carbons (Fsp3) is 0.294. The van der Waals surface area contributed by atoms with Gasteiger partial charge in [0.25, 0.3) is 5.91 Å². The lowest BCUT2D eigenvalue weighted by atomic mass is 10.1. The minimum atomic E-state index is -0.0627. The molecule has 2 aromatic rings. The highest BCUT2D eigenvalue weighted by Crippen LogP contribution is 2.21. The number of carbonyl (C=O) groups excluding carboxylic acids is 1. The molecule has 0 aliphatic heterocycles. The van der Waals surface area contributed by atoms with Crippen LogP contribution in [-0.4, -0.2) is 24.5 Å². The van der Waals surface area contributed by atoms with E-state index in [1.54, 1.807) is 18.1 Å². The molecule has 1 amide bonds. The number of nitrogens with one attached hydrogen (secondary N) is 1. The molecule has 4 heteroatoms. The van der Waals surface area contributed by atoms with Crippen LogP contribution in [0.3, 0.4) is 0 Å². The Morgan fingerprint density at radius 2 is 2.10 bits per heavy atom. The number of rotatable bonds is 5. The first-order valence-corrected chi connectivity index (χ1v) is 7.17. The van der Waals surface area contributed by atoms with Crippen molar-refractivity contribution in [2.24, 2.45) is 0 Å². The van der Waals surface area contributed by atoms with E-state index in [0.717, 1.165) is 24.2 Å². The van der Waals surface area contributed by atoms with Gasteiger partial charge in [0.15, 0.2) is 0 Å². The minimum Gasteiger partial charge on any atom is -0.384 e. The highest BCUT2D eigenvalue weighted by molar-refractivity contribution is 6.08. The van der Waals surface area contributed by atoms with E-state index in [1.807, 2.05) is 43.3 Å². The van der Waals surface area contributed by atoms with Crippen molar-refractivity contribution >= 4 is 17.4 Å². The molecular weight excluding hydrogens is 262 g/mol. The predicted octanol–water partition coefficient (Wildman–Crippen LogP) is 3.49. The van der Waals surface area contributed by atoms with Crippen molar-refractivity contribution in [3.63, 3.8) is 0 Å². The summed E-state index contributed by atoms with van der Waals surface area (Å²) in [4.78, 5) is 18.5. The van der Waals surface area contributed by atoms with Crippen molar-refractivity contribution < 1.29 is 4.79 Å². The van der Waals surface area contributed by atoms with Gasteiger partial charge in [-0.25, -0.2) is 4.98 Å². The van der Waals surface area contributed by atoms with Gasteiger partial charge >= 0.3 is 0 Å². The molecule has 0 aliphatic rings. The minimum absolute atomic E-state index is 0.0627. The molecular formula is C17H21N3O. The predicted molar refractivity (Wildman–Crippen MR) is 86.9 cm³/mol. The second kappa shape index (κ2) is 6.88. The maximum Gasteiger partial charge on any atom is 0.261 e. The van der Waals surface area contributed by atoms with Crippen LogP contribution in [0.5, 0.6) is 0 Å². The maximum absolute atomic E-state index is 12.7. The zero-order chi connectivity index (χ0) is 15.2. The molecule has 0 unspecified atom stereocenters. The molecule has 1 aromatic carbocycles. The molecule has 0 saturated heterocycles. The lowest BCUT2D eigenvalue weighted by Gasteiger charge is -2.19. The Bertz CT molecular complexity index is 611. The number of nitrogens with zero attached hydrogens (tertiary/aromatic N) is 2. The van der Waals surface area contributed by atoms with Crippen LogP contribution in [-0.2, 0) is 0 Å². The van der Waals surface area contributed by atoms with E-state index in [4.69, 9.17) is 0 Å². The Morgan fingerprint density at radius 3 is 2.76 bits per heavy atom. The number of benzene rings is 1. The molecule has 4 nitrogen and oxygen atoms in total. The third kappa shape index (κ3) is 3.60. The van der Waals surface area contributed by atoms with Crippen LogP contribution in [0.4, 0.5) is 11.5 Å². The summed E-state index contributed by atoms with van der Waals surface area (Å²) in [5.74, 6) is 0.580. The average molecular weight is 283 g/mol. The number of pyridine rings is 1. The van der Waals surface area contributed by atoms with Crippen LogP contribution >= 0.6 is 0 Å². The van der Waals surface area contributed by atoms with Crippen molar-refractivity contribution in [3.05, 3.63) is 53.7 Å². The quantitative estimate of drug-likeness (QED) is 0.913. The first-order valence-electron chi connectivity index (χ1n) is 7.17. The summed E-state index contributed by atoms with van der Waals surface area (Å²) < 4.78 is 0. The van der Waals surface area contributed by atoms with Crippen molar-refractivity contribution in [2.75, 3.05) is 23.8 Å². The number of amides is 1. The largest absolute Gasteiger partial charge is 0.384 e. The van der Waals surface area contributed by atoms with Gasteiger partial charge in [-0.3, -0.25) is 9.69 Å². The van der Waals surface area contributed by atoms with E-state index in [1.165, 1.54) is 0 Å². The summed E-state index contributed by atoms with van der Waals surface area (Å²) in [5, 5.41) is 3.32. The van der Waals surface area contributed by atoms with Gasteiger partial charge in [-0.05, 0) is 43.2 Å². The highest BCUT2D eigenvalue weighted by Gasteiger charge is 2.17. The standard InChI is InChI=1S/C17H21N3O/c1-4-10-18-15-12-13(2)8-9-14(15)17(21)20(3)16-7-5-6-11-19-16/h5-9,11-12,18H,4,10H2,1-3H3. The van der Waals surface area contributed by atoms with E-state index in [-0.39, 0.29) is 5.91 Å². The molecule has 0 aliphatic carbocycles. The molecule has 0 fully saturated rings. The van der Waals surface area contributed by atoms with Gasteiger partial charge < -0.3 is 5.32 Å². The topological polar surface area (TPSA) is 45.2 Å². The molecule has 21 heavy (non-hydrogen) atoms. The van der Waals surface area contributed by atoms with Crippen LogP contribution in [0.1, 0.15) is 29.3 Å². The smallest absolute Gasteiger partial charge is 0.261 e. The van der Waals surface area contributed by atoms with Crippen molar-refractivity contribution in [1.82, 2.24) is 4.98 Å². The third-order valence-corrected chi connectivity index (χ3v) is 3.27. The second-order valence-electron chi connectivity index (χ2n) is 5.03. The Labute approximate surface area is 125 Å². The van der Waals surface area contributed by atoms with E-state index >= 15 is 0 Å². The van der Waals surface area contributed by atoms with Crippen LogP contribution in [0.25, 0.3) is 0 Å². The molecule has 2 rings (SSSR count). The van der Waals surface area contributed by atoms with Crippen molar-refractivity contribution in [1.29, 1.82) is 0 Å². The normalized spacial score (nSPS) is 10.2. The number of hydrogen-bond acceptors (Lipinski definition) is 3. The Hall–Kier alpha value is -2.36. The summed E-state index contributed by atoms with van der Waals surface area (Å²) in [5.41, 5.74) is 2.68. The van der Waals surface area contributed by atoms with Gasteiger partial charge in [-0.2, -0.15) is 0 Å². The van der Waals surface area contributed by atoms with Crippen LogP contribution in [0, 0.1) is 6.92 Å². The molecule has 0 atom stereocenters. The van der Waals surface area contributed by atoms with E-state index in [9.17, 15) is 4.79 Å². The number of hydrogen-bond donors (Lipinski definition) is 1. The summed E-state index contributed by atoms with van der Waals surface area (Å²) in [6.07, 6.45) is 2.70. The number of aromatic nitrogens is 1. The van der Waals surface area contributed by atoms with E-state index in [0.29, 0.717) is 11.4 Å². The van der Waals surface area contributed by atoms with E-state index < -0.39 is 0 Å². The lowest BCUT2D eigenvalue weighted by molar-refractivity contribution is 0.0993. The summed E-state index contributed by atoms with van der Waals surface area (Å²) >= 11 is 0. The van der Waals surface area contributed by atoms with Gasteiger partial charge in [0, 0.05) is 25.5 Å². The molecule has 0 radical (unpaired) electrons. The summed E-state index contributed by atoms with van der Waals surface area (Å²) in [6, 6.07) is 11.4. The van der Waals surface area contributed by atoms with Crippen molar-refractivity contribution in [3.8, 4) is 0 Å². The lowest BCUT2D eigenvalue weighted by Crippen LogP contribution is -2.28. The van der Waals surface area contributed by atoms with Gasteiger partial charge in [-0.15, -0.1) is 0 Å². The zero-order valence-corrected chi connectivity index (χ0v) is 12.8. The van der Waals surface area contributed by atoms with Crippen molar-refractivity contribution in [2.45, 2.75) is 20.3 Å². The molecule has 0 saturated carbocycles. The summed E-state index contributed by atoms with van der Waals surface area (Å²) in [6.45, 7) is 4.97. The maximum atomic E-state index is 12.7. The van der Waals surface area contributed by atoms with E-state index in [2.05, 4.69) is 17.2 Å². The summed E-state index contributed by atoms with van der Waals surface area (Å²) in [7, 11) is 1.74.